The molecule has 0 bridgehead atoms. The van der Waals surface area contributed by atoms with Crippen LogP contribution in [0.5, 0.6) is 0 Å². The van der Waals surface area contributed by atoms with E-state index in [4.69, 9.17) is 19.2 Å². The highest BCUT2D eigenvalue weighted by Gasteiger charge is 2.32. The number of hydrogen-bond acceptors (Lipinski definition) is 5. The lowest BCUT2D eigenvalue weighted by molar-refractivity contribution is -0.0817. The van der Waals surface area contributed by atoms with Gasteiger partial charge in [0.25, 0.3) is 0 Å². The molecular formula is C19H37IN4O3. The van der Waals surface area contributed by atoms with Gasteiger partial charge in [0.2, 0.25) is 0 Å². The number of morpholine rings is 1. The number of nitrogens with zero attached hydrogens (tertiary/aromatic N) is 3. The molecule has 8 heteroatoms. The summed E-state index contributed by atoms with van der Waals surface area (Å²) < 4.78 is 17.1. The van der Waals surface area contributed by atoms with Crippen LogP contribution in [0.3, 0.4) is 0 Å². The van der Waals surface area contributed by atoms with Gasteiger partial charge in [0, 0.05) is 45.9 Å². The van der Waals surface area contributed by atoms with Crippen LogP contribution in [0.25, 0.3) is 0 Å². The molecule has 3 rings (SSSR count). The molecule has 0 spiro atoms. The van der Waals surface area contributed by atoms with Crippen LogP contribution in [0.1, 0.15) is 32.6 Å². The molecule has 1 N–H and O–H groups in total. The summed E-state index contributed by atoms with van der Waals surface area (Å²) in [6.45, 7) is 10.2. The van der Waals surface area contributed by atoms with E-state index in [0.29, 0.717) is 6.04 Å². The van der Waals surface area contributed by atoms with Gasteiger partial charge in [-0.1, -0.05) is 0 Å². The highest BCUT2D eigenvalue weighted by atomic mass is 127. The molecule has 0 aromatic rings. The van der Waals surface area contributed by atoms with Crippen molar-refractivity contribution >= 4 is 29.9 Å². The van der Waals surface area contributed by atoms with Crippen LogP contribution in [0.2, 0.25) is 0 Å². The van der Waals surface area contributed by atoms with Gasteiger partial charge in [0.15, 0.2) is 5.96 Å². The predicted octanol–water partition coefficient (Wildman–Crippen LogP) is 1.56. The number of halogens is 1. The number of nitrogens with one attached hydrogen (secondary N) is 1. The topological polar surface area (TPSA) is 58.6 Å². The van der Waals surface area contributed by atoms with Crippen molar-refractivity contribution in [3.05, 3.63) is 0 Å². The molecule has 0 aromatic heterocycles. The van der Waals surface area contributed by atoms with Crippen LogP contribution in [-0.2, 0) is 14.2 Å². The first kappa shape index (κ1) is 23.1. The number of rotatable bonds is 7. The molecule has 0 aromatic carbocycles. The Labute approximate surface area is 181 Å². The Morgan fingerprint density at radius 1 is 1.15 bits per heavy atom. The molecule has 0 radical (unpaired) electrons. The predicted molar refractivity (Wildman–Crippen MR) is 118 cm³/mol. The van der Waals surface area contributed by atoms with Crippen molar-refractivity contribution in [2.75, 3.05) is 66.2 Å². The molecule has 7 nitrogen and oxygen atoms in total. The summed E-state index contributed by atoms with van der Waals surface area (Å²) in [7, 11) is 1.77. The summed E-state index contributed by atoms with van der Waals surface area (Å²) in [5.41, 5.74) is 0. The van der Waals surface area contributed by atoms with Crippen LogP contribution < -0.4 is 5.32 Å². The van der Waals surface area contributed by atoms with Crippen molar-refractivity contribution in [1.82, 2.24) is 15.1 Å². The number of hydrogen-bond donors (Lipinski definition) is 1. The zero-order valence-corrected chi connectivity index (χ0v) is 19.2. The molecular weight excluding hydrogens is 459 g/mol. The SMILES string of the molecule is CCNC(=NCC1CCCN1CCOC)N1CCOC(C2CCCO2)C1.I. The van der Waals surface area contributed by atoms with E-state index in [1.165, 1.54) is 19.4 Å². The number of guanidine groups is 1. The van der Waals surface area contributed by atoms with Gasteiger partial charge >= 0.3 is 0 Å². The van der Waals surface area contributed by atoms with E-state index in [-0.39, 0.29) is 36.2 Å². The maximum absolute atomic E-state index is 5.99. The van der Waals surface area contributed by atoms with Crippen LogP contribution >= 0.6 is 24.0 Å². The fourth-order valence-electron chi connectivity index (χ4n) is 4.21. The van der Waals surface area contributed by atoms with E-state index in [1.807, 2.05) is 0 Å². The normalized spacial score (nSPS) is 29.8. The van der Waals surface area contributed by atoms with Crippen molar-refractivity contribution in [2.24, 2.45) is 4.99 Å². The summed E-state index contributed by atoms with van der Waals surface area (Å²) in [6, 6.07) is 0.536. The fourth-order valence-corrected chi connectivity index (χ4v) is 4.21. The lowest BCUT2D eigenvalue weighted by Gasteiger charge is -2.37. The second kappa shape index (κ2) is 12.4. The van der Waals surface area contributed by atoms with E-state index in [2.05, 4.69) is 22.0 Å². The van der Waals surface area contributed by atoms with Crippen molar-refractivity contribution in [1.29, 1.82) is 0 Å². The Morgan fingerprint density at radius 2 is 2.00 bits per heavy atom. The Morgan fingerprint density at radius 3 is 2.74 bits per heavy atom. The van der Waals surface area contributed by atoms with Crippen LogP contribution in [0.15, 0.2) is 4.99 Å². The lowest BCUT2D eigenvalue weighted by atomic mass is 10.1. The van der Waals surface area contributed by atoms with Gasteiger partial charge in [-0.25, -0.2) is 0 Å². The lowest BCUT2D eigenvalue weighted by Crippen LogP contribution is -2.53. The highest BCUT2D eigenvalue weighted by molar-refractivity contribution is 14.0. The summed E-state index contributed by atoms with van der Waals surface area (Å²) in [5, 5.41) is 3.48. The molecule has 3 saturated heterocycles. The van der Waals surface area contributed by atoms with E-state index < -0.39 is 0 Å². The van der Waals surface area contributed by atoms with E-state index in [1.54, 1.807) is 7.11 Å². The molecule has 3 aliphatic heterocycles. The van der Waals surface area contributed by atoms with Gasteiger partial charge in [0.1, 0.15) is 6.10 Å². The van der Waals surface area contributed by atoms with Gasteiger partial charge in [-0.2, -0.15) is 0 Å². The third-order valence-electron chi connectivity index (χ3n) is 5.64. The molecule has 0 aliphatic carbocycles. The zero-order chi connectivity index (χ0) is 18.2. The third-order valence-corrected chi connectivity index (χ3v) is 5.64. The zero-order valence-electron chi connectivity index (χ0n) is 16.9. The first-order valence-corrected chi connectivity index (χ1v) is 10.3. The van der Waals surface area contributed by atoms with Crippen molar-refractivity contribution in [2.45, 2.75) is 50.9 Å². The number of ether oxygens (including phenoxy) is 3. The maximum atomic E-state index is 5.99. The second-order valence-electron chi connectivity index (χ2n) is 7.43. The quantitative estimate of drug-likeness (QED) is 0.328. The van der Waals surface area contributed by atoms with Crippen LogP contribution in [0.4, 0.5) is 0 Å². The van der Waals surface area contributed by atoms with E-state index in [9.17, 15) is 0 Å². The number of methoxy groups -OCH3 is 1. The van der Waals surface area contributed by atoms with Crippen LogP contribution in [-0.4, -0.2) is 100 Å². The highest BCUT2D eigenvalue weighted by Crippen LogP contribution is 2.21. The average molecular weight is 496 g/mol. The molecule has 3 heterocycles. The minimum Gasteiger partial charge on any atom is -0.383 e. The Balaban J connectivity index is 0.00000261. The second-order valence-corrected chi connectivity index (χ2v) is 7.43. The minimum atomic E-state index is 0. The molecule has 3 fully saturated rings. The van der Waals surface area contributed by atoms with Gasteiger partial charge in [0.05, 0.1) is 25.9 Å². The molecule has 0 amide bonds. The largest absolute Gasteiger partial charge is 0.383 e. The summed E-state index contributed by atoms with van der Waals surface area (Å²) in [5.74, 6) is 1.03. The number of aliphatic imine (C=N–C) groups is 1. The molecule has 0 saturated carbocycles. The Bertz CT molecular complexity index is 449. The molecule has 27 heavy (non-hydrogen) atoms. The van der Waals surface area contributed by atoms with E-state index in [0.717, 1.165) is 71.3 Å². The summed E-state index contributed by atoms with van der Waals surface area (Å²) in [6.07, 6.45) is 5.17. The fraction of sp³-hybridized carbons (Fsp3) is 0.947. The standard InChI is InChI=1S/C19H36N4O3.HI/c1-3-20-19(21-14-16-6-4-8-22(16)9-12-24-2)23-10-13-26-18(15-23)17-7-5-11-25-17;/h16-18H,3-15H2,1-2H3,(H,20,21);1H. The molecule has 158 valence electrons. The monoisotopic (exact) mass is 496 g/mol. The Hall–Kier alpha value is -0.160. The van der Waals surface area contributed by atoms with Gasteiger partial charge in [-0.05, 0) is 39.2 Å². The van der Waals surface area contributed by atoms with Crippen molar-refractivity contribution in [3.63, 3.8) is 0 Å². The molecule has 3 unspecified atom stereocenters. The summed E-state index contributed by atoms with van der Waals surface area (Å²) in [4.78, 5) is 9.86. The average Bonchev–Trinajstić information content (AvgIpc) is 3.35. The Kier molecular flexibility index (Phi) is 10.6. The minimum absolute atomic E-state index is 0. The van der Waals surface area contributed by atoms with Gasteiger partial charge < -0.3 is 24.4 Å². The summed E-state index contributed by atoms with van der Waals surface area (Å²) >= 11 is 0. The van der Waals surface area contributed by atoms with Crippen molar-refractivity contribution < 1.29 is 14.2 Å². The molecule has 3 aliphatic rings. The van der Waals surface area contributed by atoms with Crippen molar-refractivity contribution in [3.8, 4) is 0 Å². The molecule has 3 atom stereocenters. The third kappa shape index (κ3) is 6.69. The maximum Gasteiger partial charge on any atom is 0.194 e. The number of likely N-dealkylation sites (tertiary alicyclic amines) is 1. The van der Waals surface area contributed by atoms with Crippen LogP contribution in [0, 0.1) is 0 Å². The smallest absolute Gasteiger partial charge is 0.194 e. The van der Waals surface area contributed by atoms with Gasteiger partial charge in [-0.15, -0.1) is 24.0 Å². The first-order chi connectivity index (χ1) is 12.8. The first-order valence-electron chi connectivity index (χ1n) is 10.3. The van der Waals surface area contributed by atoms with Gasteiger partial charge in [-0.3, -0.25) is 9.89 Å². The van der Waals surface area contributed by atoms with E-state index >= 15 is 0 Å².